The van der Waals surface area contributed by atoms with Gasteiger partial charge in [-0.15, -0.1) is 0 Å². The minimum Gasteiger partial charge on any atom is -0.271 e. The maximum atomic E-state index is 13.2. The highest BCUT2D eigenvalue weighted by molar-refractivity contribution is 6.03. The van der Waals surface area contributed by atoms with Gasteiger partial charge < -0.3 is 0 Å². The first-order chi connectivity index (χ1) is 7.79. The van der Waals surface area contributed by atoms with E-state index < -0.39 is 5.60 Å². The summed E-state index contributed by atoms with van der Waals surface area (Å²) < 4.78 is 13.2. The molecule has 1 atom stereocenters. The van der Waals surface area contributed by atoms with E-state index in [1.807, 2.05) is 20.8 Å². The number of nitrogens with zero attached hydrogens (tertiary/aromatic N) is 1. The van der Waals surface area contributed by atoms with Crippen molar-refractivity contribution in [3.8, 4) is 0 Å². The lowest BCUT2D eigenvalue weighted by atomic mass is 10.0. The average molecular weight is 237 g/mol. The van der Waals surface area contributed by atoms with E-state index in [1.54, 1.807) is 13.0 Å². The van der Waals surface area contributed by atoms with Crippen LogP contribution in [0.5, 0.6) is 0 Å². The summed E-state index contributed by atoms with van der Waals surface area (Å²) in [7, 11) is 0. The molecule has 0 radical (unpaired) electrons. The molecular formula is C13H16FNO2. The summed E-state index contributed by atoms with van der Waals surface area (Å²) in [4.78, 5) is 17.6. The van der Waals surface area contributed by atoms with Crippen LogP contribution in [0.2, 0.25) is 0 Å². The van der Waals surface area contributed by atoms with Crippen molar-refractivity contribution in [1.82, 2.24) is 0 Å². The van der Waals surface area contributed by atoms with Gasteiger partial charge in [0.1, 0.15) is 5.82 Å². The number of rotatable bonds is 1. The van der Waals surface area contributed by atoms with Crippen LogP contribution in [0.15, 0.2) is 18.2 Å². The second kappa shape index (κ2) is 3.81. The first kappa shape index (κ1) is 12.0. The van der Waals surface area contributed by atoms with Gasteiger partial charge in [0.15, 0.2) is 0 Å². The standard InChI is InChI=1S/C13H16FNO2/c1-8-10-6-5-9(14)7-11(10)15(12(8)16)17-13(2,3)4/h5-8H,1-4H3. The van der Waals surface area contributed by atoms with Crippen molar-refractivity contribution in [2.24, 2.45) is 0 Å². The average Bonchev–Trinajstić information content (AvgIpc) is 2.42. The first-order valence-corrected chi connectivity index (χ1v) is 5.62. The van der Waals surface area contributed by atoms with Crippen molar-refractivity contribution in [3.63, 3.8) is 0 Å². The predicted molar refractivity (Wildman–Crippen MR) is 63.1 cm³/mol. The van der Waals surface area contributed by atoms with Gasteiger partial charge in [0.05, 0.1) is 17.2 Å². The van der Waals surface area contributed by atoms with Crippen molar-refractivity contribution >= 4 is 11.6 Å². The Morgan fingerprint density at radius 1 is 1.35 bits per heavy atom. The van der Waals surface area contributed by atoms with E-state index in [0.717, 1.165) is 5.56 Å². The van der Waals surface area contributed by atoms with Crippen LogP contribution in [-0.2, 0) is 9.63 Å². The number of halogens is 1. The predicted octanol–water partition coefficient (Wildman–Crippen LogP) is 3.01. The summed E-state index contributed by atoms with van der Waals surface area (Å²) in [5, 5.41) is 1.21. The Hall–Kier alpha value is -1.42. The number of carbonyl (C=O) groups excluding carboxylic acids is 1. The van der Waals surface area contributed by atoms with Crippen LogP contribution in [0.3, 0.4) is 0 Å². The lowest BCUT2D eigenvalue weighted by molar-refractivity contribution is -0.131. The Morgan fingerprint density at radius 3 is 2.59 bits per heavy atom. The molecule has 0 fully saturated rings. The normalized spacial score (nSPS) is 19.7. The Labute approximate surface area is 100 Å². The molecule has 1 aromatic carbocycles. The second-order valence-electron chi connectivity index (χ2n) is 5.26. The maximum Gasteiger partial charge on any atom is 0.258 e. The van der Waals surface area contributed by atoms with Gasteiger partial charge in [-0.05, 0) is 39.3 Å². The fourth-order valence-corrected chi connectivity index (χ4v) is 1.85. The lowest BCUT2D eigenvalue weighted by Crippen LogP contribution is -2.36. The smallest absolute Gasteiger partial charge is 0.258 e. The van der Waals surface area contributed by atoms with E-state index in [4.69, 9.17) is 4.84 Å². The molecule has 4 heteroatoms. The molecule has 1 heterocycles. The van der Waals surface area contributed by atoms with E-state index >= 15 is 0 Å². The van der Waals surface area contributed by atoms with Crippen molar-refractivity contribution in [2.75, 3.05) is 5.06 Å². The first-order valence-electron chi connectivity index (χ1n) is 5.62. The highest BCUT2D eigenvalue weighted by Gasteiger charge is 2.37. The van der Waals surface area contributed by atoms with E-state index in [9.17, 15) is 9.18 Å². The molecule has 0 spiro atoms. The molecule has 1 aliphatic heterocycles. The molecule has 1 unspecified atom stereocenters. The molecule has 1 amide bonds. The molecule has 2 rings (SSSR count). The zero-order chi connectivity index (χ0) is 12.8. The van der Waals surface area contributed by atoms with Crippen molar-refractivity contribution in [3.05, 3.63) is 29.6 Å². The molecule has 0 saturated heterocycles. The van der Waals surface area contributed by atoms with Gasteiger partial charge >= 0.3 is 0 Å². The number of benzene rings is 1. The molecule has 17 heavy (non-hydrogen) atoms. The fraction of sp³-hybridized carbons (Fsp3) is 0.462. The van der Waals surface area contributed by atoms with Crippen LogP contribution in [0.25, 0.3) is 0 Å². The highest BCUT2D eigenvalue weighted by Crippen LogP contribution is 2.38. The maximum absolute atomic E-state index is 13.2. The third-order valence-corrected chi connectivity index (χ3v) is 2.61. The van der Waals surface area contributed by atoms with E-state index in [0.29, 0.717) is 5.69 Å². The molecule has 3 nitrogen and oxygen atoms in total. The molecule has 92 valence electrons. The van der Waals surface area contributed by atoms with Crippen LogP contribution in [-0.4, -0.2) is 11.5 Å². The Bertz CT molecular complexity index is 465. The Morgan fingerprint density at radius 2 is 2.00 bits per heavy atom. The molecular weight excluding hydrogens is 221 g/mol. The van der Waals surface area contributed by atoms with Crippen molar-refractivity contribution in [1.29, 1.82) is 0 Å². The van der Waals surface area contributed by atoms with Gasteiger partial charge in [0.25, 0.3) is 5.91 Å². The topological polar surface area (TPSA) is 29.5 Å². The summed E-state index contributed by atoms with van der Waals surface area (Å²) in [6.45, 7) is 7.35. The van der Waals surface area contributed by atoms with Gasteiger partial charge in [-0.1, -0.05) is 6.07 Å². The second-order valence-corrected chi connectivity index (χ2v) is 5.26. The van der Waals surface area contributed by atoms with Gasteiger partial charge in [-0.25, -0.2) is 4.39 Å². The van der Waals surface area contributed by atoms with Crippen LogP contribution >= 0.6 is 0 Å². The number of fused-ring (bicyclic) bond motifs is 1. The van der Waals surface area contributed by atoms with Crippen LogP contribution < -0.4 is 5.06 Å². The molecule has 0 aliphatic carbocycles. The summed E-state index contributed by atoms with van der Waals surface area (Å²) in [6, 6.07) is 4.34. The van der Waals surface area contributed by atoms with Gasteiger partial charge in [-0.2, -0.15) is 5.06 Å². The van der Waals surface area contributed by atoms with E-state index in [2.05, 4.69) is 0 Å². The quantitative estimate of drug-likeness (QED) is 0.751. The van der Waals surface area contributed by atoms with Gasteiger partial charge in [0.2, 0.25) is 0 Å². The van der Waals surface area contributed by atoms with Gasteiger partial charge in [0, 0.05) is 6.07 Å². The van der Waals surface area contributed by atoms with Crippen molar-refractivity contribution < 1.29 is 14.0 Å². The number of hydrogen-bond acceptors (Lipinski definition) is 2. The molecule has 0 N–H and O–H groups in total. The third-order valence-electron chi connectivity index (χ3n) is 2.61. The summed E-state index contributed by atoms with van der Waals surface area (Å²) in [6.07, 6.45) is 0. The summed E-state index contributed by atoms with van der Waals surface area (Å²) in [5.41, 5.74) is 0.821. The minimum atomic E-state index is -0.497. The monoisotopic (exact) mass is 237 g/mol. The molecule has 1 aliphatic rings. The van der Waals surface area contributed by atoms with Crippen LogP contribution in [0.4, 0.5) is 10.1 Å². The Kier molecular flexibility index (Phi) is 2.70. The van der Waals surface area contributed by atoms with Gasteiger partial charge in [-0.3, -0.25) is 9.63 Å². The molecule has 0 saturated carbocycles. The SMILES string of the molecule is CC1C(=O)N(OC(C)(C)C)c2cc(F)ccc21. The fourth-order valence-electron chi connectivity index (χ4n) is 1.85. The minimum absolute atomic E-state index is 0.152. The van der Waals surface area contributed by atoms with Crippen molar-refractivity contribution in [2.45, 2.75) is 39.2 Å². The number of hydrogen-bond donors (Lipinski definition) is 0. The highest BCUT2D eigenvalue weighted by atomic mass is 19.1. The summed E-state index contributed by atoms with van der Waals surface area (Å²) in [5.74, 6) is -0.804. The number of hydroxylamine groups is 1. The number of carbonyl (C=O) groups is 1. The van der Waals surface area contributed by atoms with Crippen LogP contribution in [0.1, 0.15) is 39.2 Å². The zero-order valence-electron chi connectivity index (χ0n) is 10.5. The van der Waals surface area contributed by atoms with Crippen LogP contribution in [0, 0.1) is 5.82 Å². The summed E-state index contributed by atoms with van der Waals surface area (Å²) >= 11 is 0. The van der Waals surface area contributed by atoms with E-state index in [-0.39, 0.29) is 17.6 Å². The number of anilines is 1. The Balaban J connectivity index is 2.43. The third kappa shape index (κ3) is 2.17. The zero-order valence-corrected chi connectivity index (χ0v) is 10.5. The molecule has 0 bridgehead atoms. The number of amides is 1. The molecule has 0 aromatic heterocycles. The lowest BCUT2D eigenvalue weighted by Gasteiger charge is -2.26. The largest absolute Gasteiger partial charge is 0.271 e. The molecule has 1 aromatic rings. The van der Waals surface area contributed by atoms with E-state index in [1.165, 1.54) is 17.2 Å².